The molecule has 0 aliphatic heterocycles. The summed E-state index contributed by atoms with van der Waals surface area (Å²) in [6.07, 6.45) is 3.16. The molecular formula is C24H32O8. The Morgan fingerprint density at radius 3 is 1.66 bits per heavy atom. The Morgan fingerprint density at radius 1 is 0.750 bits per heavy atom. The van der Waals surface area contributed by atoms with Crippen LogP contribution in [0, 0.1) is 46.3 Å². The lowest BCUT2D eigenvalue weighted by molar-refractivity contribution is -0.175. The molecule has 0 N–H and O–H groups in total. The van der Waals surface area contributed by atoms with Crippen molar-refractivity contribution in [2.24, 2.45) is 46.3 Å². The Kier molecular flexibility index (Phi) is 5.62. The van der Waals surface area contributed by atoms with Gasteiger partial charge in [-0.05, 0) is 67.6 Å². The van der Waals surface area contributed by atoms with E-state index in [-0.39, 0.29) is 35.5 Å². The van der Waals surface area contributed by atoms with Crippen LogP contribution in [-0.2, 0) is 38.1 Å². The van der Waals surface area contributed by atoms with Crippen molar-refractivity contribution in [2.45, 2.75) is 38.5 Å². The lowest BCUT2D eigenvalue weighted by atomic mass is 9.61. The van der Waals surface area contributed by atoms with Crippen molar-refractivity contribution < 1.29 is 38.1 Å². The van der Waals surface area contributed by atoms with Crippen molar-refractivity contribution in [3.8, 4) is 0 Å². The second-order valence-corrected chi connectivity index (χ2v) is 9.84. The van der Waals surface area contributed by atoms with Gasteiger partial charge in [0.2, 0.25) is 0 Å². The predicted molar refractivity (Wildman–Crippen MR) is 111 cm³/mol. The van der Waals surface area contributed by atoms with Crippen LogP contribution < -0.4 is 0 Å². The molecule has 0 saturated heterocycles. The fourth-order valence-corrected chi connectivity index (χ4v) is 8.10. The first-order chi connectivity index (χ1) is 15.2. The molecular weight excluding hydrogens is 416 g/mol. The summed E-state index contributed by atoms with van der Waals surface area (Å²) in [6.45, 7) is 4.31. The van der Waals surface area contributed by atoms with Gasteiger partial charge in [-0.1, -0.05) is 18.6 Å². The average Bonchev–Trinajstić information content (AvgIpc) is 3.23. The highest BCUT2D eigenvalue weighted by molar-refractivity contribution is 6.02. The first-order valence-corrected chi connectivity index (χ1v) is 11.3. The van der Waals surface area contributed by atoms with Gasteiger partial charge in [0.15, 0.2) is 10.8 Å². The van der Waals surface area contributed by atoms with Crippen molar-refractivity contribution in [3.63, 3.8) is 0 Å². The molecule has 6 atom stereocenters. The van der Waals surface area contributed by atoms with Crippen LogP contribution in [0.1, 0.15) is 38.5 Å². The number of esters is 4. The molecule has 0 unspecified atom stereocenters. The summed E-state index contributed by atoms with van der Waals surface area (Å²) < 4.78 is 20.5. The van der Waals surface area contributed by atoms with E-state index in [1.54, 1.807) is 0 Å². The number of hydrogen-bond donors (Lipinski definition) is 0. The molecule has 8 nitrogen and oxygen atoms in total. The Balaban J connectivity index is 1.88. The van der Waals surface area contributed by atoms with E-state index in [0.717, 1.165) is 5.57 Å². The van der Waals surface area contributed by atoms with E-state index >= 15 is 0 Å². The van der Waals surface area contributed by atoms with Gasteiger partial charge in [0.25, 0.3) is 0 Å². The monoisotopic (exact) mass is 448 g/mol. The second kappa shape index (κ2) is 7.89. The van der Waals surface area contributed by atoms with Gasteiger partial charge < -0.3 is 18.9 Å². The fraction of sp³-hybridized carbons (Fsp3) is 0.750. The molecule has 0 aromatic rings. The summed E-state index contributed by atoms with van der Waals surface area (Å²) in [6, 6.07) is 0. The Hall–Kier alpha value is -2.38. The quantitative estimate of drug-likeness (QED) is 0.279. The first-order valence-electron chi connectivity index (χ1n) is 11.3. The van der Waals surface area contributed by atoms with Gasteiger partial charge >= 0.3 is 23.9 Å². The molecule has 0 heterocycles. The number of carbonyl (C=O) groups is 4. The van der Waals surface area contributed by atoms with Gasteiger partial charge in [0.1, 0.15) is 0 Å². The van der Waals surface area contributed by atoms with E-state index < -0.39 is 34.7 Å². The fourth-order valence-electron chi connectivity index (χ4n) is 8.10. The molecule has 0 spiro atoms. The first kappa shape index (κ1) is 22.8. The molecule has 8 heteroatoms. The lowest BCUT2D eigenvalue weighted by Crippen LogP contribution is -2.47. The van der Waals surface area contributed by atoms with Crippen LogP contribution in [0.15, 0.2) is 12.2 Å². The van der Waals surface area contributed by atoms with Crippen molar-refractivity contribution in [1.29, 1.82) is 0 Å². The minimum Gasteiger partial charge on any atom is -0.468 e. The summed E-state index contributed by atoms with van der Waals surface area (Å²) in [4.78, 5) is 52.4. The smallest absolute Gasteiger partial charge is 0.323 e. The summed E-state index contributed by atoms with van der Waals surface area (Å²) in [7, 11) is 5.18. The zero-order valence-corrected chi connectivity index (χ0v) is 19.2. The van der Waals surface area contributed by atoms with Crippen LogP contribution in [0.2, 0.25) is 0 Å². The SMILES string of the molecule is C=C1C[C@@H]2CC(C(=O)OC)(C(=O)OC)[C@H]3CCC[C@H]4[C@H]([C@@H]23)[C@H]1CC4(C(=O)OC)C(=O)OC. The predicted octanol–water partition coefficient (Wildman–Crippen LogP) is 2.30. The maximum atomic E-state index is 13.1. The van der Waals surface area contributed by atoms with Gasteiger partial charge in [-0.25, -0.2) is 0 Å². The lowest BCUT2D eigenvalue weighted by Gasteiger charge is -2.42. The largest absolute Gasteiger partial charge is 0.468 e. The number of methoxy groups -OCH3 is 4. The third-order valence-electron chi connectivity index (χ3n) is 9.05. The zero-order chi connectivity index (χ0) is 23.4. The van der Waals surface area contributed by atoms with Crippen LogP contribution in [0.25, 0.3) is 0 Å². The van der Waals surface area contributed by atoms with E-state index in [0.29, 0.717) is 38.5 Å². The van der Waals surface area contributed by atoms with Crippen LogP contribution in [-0.4, -0.2) is 52.3 Å². The van der Waals surface area contributed by atoms with Gasteiger partial charge in [0.05, 0.1) is 28.4 Å². The maximum Gasteiger partial charge on any atom is 0.323 e. The number of ether oxygens (including phenoxy) is 4. The van der Waals surface area contributed by atoms with Gasteiger partial charge in [-0.2, -0.15) is 0 Å². The number of allylic oxidation sites excluding steroid dienone is 1. The molecule has 0 radical (unpaired) electrons. The topological polar surface area (TPSA) is 105 Å². The van der Waals surface area contributed by atoms with Gasteiger partial charge in [0, 0.05) is 0 Å². The highest BCUT2D eigenvalue weighted by atomic mass is 16.6. The van der Waals surface area contributed by atoms with E-state index in [1.807, 2.05) is 0 Å². The Bertz CT molecular complexity index is 828. The summed E-state index contributed by atoms with van der Waals surface area (Å²) in [5, 5.41) is 0. The van der Waals surface area contributed by atoms with Crippen molar-refractivity contribution in [2.75, 3.05) is 28.4 Å². The molecule has 4 aliphatic carbocycles. The molecule has 4 saturated carbocycles. The summed E-state index contributed by atoms with van der Waals surface area (Å²) in [5.74, 6) is -2.98. The van der Waals surface area contributed by atoms with Crippen LogP contribution >= 0.6 is 0 Å². The van der Waals surface area contributed by atoms with E-state index in [9.17, 15) is 19.2 Å². The molecule has 176 valence electrons. The maximum absolute atomic E-state index is 13.1. The molecule has 0 bridgehead atoms. The van der Waals surface area contributed by atoms with Crippen LogP contribution in [0.5, 0.6) is 0 Å². The number of rotatable bonds is 4. The van der Waals surface area contributed by atoms with Crippen molar-refractivity contribution >= 4 is 23.9 Å². The van der Waals surface area contributed by atoms with Crippen molar-refractivity contribution in [3.05, 3.63) is 12.2 Å². The van der Waals surface area contributed by atoms with Crippen LogP contribution in [0.3, 0.4) is 0 Å². The zero-order valence-electron chi connectivity index (χ0n) is 19.2. The Morgan fingerprint density at radius 2 is 1.19 bits per heavy atom. The minimum atomic E-state index is -1.40. The molecule has 0 amide bonds. The molecule has 4 aliphatic rings. The normalized spacial score (nSPS) is 35.8. The molecule has 4 rings (SSSR count). The minimum absolute atomic E-state index is 0.0209. The summed E-state index contributed by atoms with van der Waals surface area (Å²) in [5.41, 5.74) is -1.81. The molecule has 32 heavy (non-hydrogen) atoms. The molecule has 0 aromatic heterocycles. The Labute approximate surface area is 188 Å². The van der Waals surface area contributed by atoms with Gasteiger partial charge in [-0.15, -0.1) is 0 Å². The van der Waals surface area contributed by atoms with Crippen LogP contribution in [0.4, 0.5) is 0 Å². The van der Waals surface area contributed by atoms with E-state index in [1.165, 1.54) is 28.4 Å². The second-order valence-electron chi connectivity index (χ2n) is 9.84. The number of carbonyl (C=O) groups excluding carboxylic acids is 4. The van der Waals surface area contributed by atoms with Crippen molar-refractivity contribution in [1.82, 2.24) is 0 Å². The highest BCUT2D eigenvalue weighted by Crippen LogP contribution is 2.70. The van der Waals surface area contributed by atoms with Gasteiger partial charge in [-0.3, -0.25) is 19.2 Å². The highest BCUT2D eigenvalue weighted by Gasteiger charge is 2.73. The molecule has 4 fully saturated rings. The number of hydrogen-bond acceptors (Lipinski definition) is 8. The third kappa shape index (κ3) is 2.67. The van der Waals surface area contributed by atoms with E-state index in [2.05, 4.69) is 6.58 Å². The standard InChI is InChI=1S/C24H32O8/c1-12-9-13-10-23(19(25)29-2,20(26)30-3)15-7-6-8-16-18(17(13)15)14(12)11-24(16,21(27)31-4)22(28)32-5/h13-18H,1,6-11H2,2-5H3/t13-,14+,15+,16+,17+,18-/m1/s1. The third-order valence-corrected chi connectivity index (χ3v) is 9.05. The van der Waals surface area contributed by atoms with E-state index in [4.69, 9.17) is 18.9 Å². The summed E-state index contributed by atoms with van der Waals surface area (Å²) >= 11 is 0. The average molecular weight is 449 g/mol. The molecule has 0 aromatic carbocycles.